The van der Waals surface area contributed by atoms with Gasteiger partial charge in [-0.05, 0) is 44.0 Å². The number of amides is 1. The van der Waals surface area contributed by atoms with Gasteiger partial charge < -0.3 is 10.4 Å². The summed E-state index contributed by atoms with van der Waals surface area (Å²) in [4.78, 5) is 13.2. The number of hydrogen-bond donors (Lipinski definition) is 2. The molecule has 0 aliphatic rings. The molecule has 2 rings (SSSR count). The average molecular weight is 274 g/mol. The van der Waals surface area contributed by atoms with Crippen molar-refractivity contribution in [2.24, 2.45) is 0 Å². The first-order chi connectivity index (χ1) is 9.56. The first kappa shape index (κ1) is 14.2. The average Bonchev–Trinajstić information content (AvgIpc) is 2.86. The van der Waals surface area contributed by atoms with Gasteiger partial charge in [0.2, 0.25) is 0 Å². The molecule has 1 heterocycles. The van der Waals surface area contributed by atoms with Gasteiger partial charge in [0.05, 0.1) is 12.3 Å². The zero-order valence-corrected chi connectivity index (χ0v) is 11.8. The van der Waals surface area contributed by atoms with Crippen molar-refractivity contribution in [3.8, 4) is 5.69 Å². The quantitative estimate of drug-likeness (QED) is 0.875. The van der Waals surface area contributed by atoms with E-state index >= 15 is 0 Å². The van der Waals surface area contributed by atoms with E-state index < -0.39 is 0 Å². The largest absolute Gasteiger partial charge is 0.390 e. The predicted molar refractivity (Wildman–Crippen MR) is 74.8 cm³/mol. The highest BCUT2D eigenvalue weighted by atomic mass is 16.3. The summed E-state index contributed by atoms with van der Waals surface area (Å²) in [7, 11) is 0. The molecule has 0 bridgehead atoms. The second-order valence-corrected chi connectivity index (χ2v) is 4.57. The number of rotatable bonds is 4. The molecule has 2 aromatic rings. The van der Waals surface area contributed by atoms with Crippen molar-refractivity contribution in [2.45, 2.75) is 27.4 Å². The Balaban J connectivity index is 2.42. The third kappa shape index (κ3) is 2.70. The Hall–Kier alpha value is -2.21. The van der Waals surface area contributed by atoms with Gasteiger partial charge in [0.1, 0.15) is 5.69 Å². The third-order valence-corrected chi connectivity index (χ3v) is 3.11. The monoisotopic (exact) mass is 274 g/mol. The molecule has 0 atom stereocenters. The number of aliphatic hydroxyl groups is 1. The minimum atomic E-state index is -0.327. The minimum absolute atomic E-state index is 0.160. The Bertz CT molecular complexity index is 634. The van der Waals surface area contributed by atoms with Gasteiger partial charge in [-0.1, -0.05) is 6.07 Å². The second kappa shape index (κ2) is 5.83. The fourth-order valence-electron chi connectivity index (χ4n) is 1.83. The fraction of sp³-hybridized carbons (Fsp3) is 0.357. The van der Waals surface area contributed by atoms with Crippen molar-refractivity contribution in [3.05, 3.63) is 40.7 Å². The smallest absolute Gasteiger partial charge is 0.273 e. The molecule has 0 radical (unpaired) electrons. The summed E-state index contributed by atoms with van der Waals surface area (Å²) < 4.78 is 0. The number of carbonyl (C=O) groups excluding carboxylic acids is 1. The van der Waals surface area contributed by atoms with Crippen molar-refractivity contribution in [2.75, 3.05) is 6.54 Å². The van der Waals surface area contributed by atoms with E-state index in [4.69, 9.17) is 0 Å². The molecule has 0 aliphatic carbocycles. The highest BCUT2D eigenvalue weighted by Crippen LogP contribution is 2.14. The van der Waals surface area contributed by atoms with Crippen LogP contribution in [0.15, 0.2) is 18.2 Å². The van der Waals surface area contributed by atoms with E-state index in [2.05, 4.69) is 15.5 Å². The van der Waals surface area contributed by atoms with Gasteiger partial charge in [0, 0.05) is 6.54 Å². The number of aromatic nitrogens is 3. The number of aliphatic hydroxyl groups excluding tert-OH is 1. The van der Waals surface area contributed by atoms with E-state index in [0.29, 0.717) is 6.54 Å². The van der Waals surface area contributed by atoms with Gasteiger partial charge in [-0.25, -0.2) is 0 Å². The normalized spacial score (nSPS) is 10.6. The maximum Gasteiger partial charge on any atom is 0.273 e. The van der Waals surface area contributed by atoms with E-state index in [1.165, 1.54) is 10.4 Å². The number of aryl methyl sites for hydroxylation is 2. The topological polar surface area (TPSA) is 80.0 Å². The van der Waals surface area contributed by atoms with Crippen molar-refractivity contribution in [1.29, 1.82) is 0 Å². The summed E-state index contributed by atoms with van der Waals surface area (Å²) in [6.07, 6.45) is 0. The standard InChI is InChI=1S/C14H18N4O2/c1-4-15-14(20)13-12(8-19)16-18(17-13)11-6-5-9(2)10(3)7-11/h5-7,19H,4,8H2,1-3H3,(H,15,20). The lowest BCUT2D eigenvalue weighted by Gasteiger charge is -2.03. The minimum Gasteiger partial charge on any atom is -0.390 e. The van der Waals surface area contributed by atoms with Crippen LogP contribution in [0.5, 0.6) is 0 Å². The van der Waals surface area contributed by atoms with Crippen molar-refractivity contribution in [3.63, 3.8) is 0 Å². The van der Waals surface area contributed by atoms with Gasteiger partial charge in [-0.3, -0.25) is 4.79 Å². The van der Waals surface area contributed by atoms with Gasteiger partial charge in [-0.2, -0.15) is 4.80 Å². The van der Waals surface area contributed by atoms with Crippen LogP contribution in [0.2, 0.25) is 0 Å². The summed E-state index contributed by atoms with van der Waals surface area (Å²) in [6, 6.07) is 5.79. The molecule has 0 saturated carbocycles. The fourth-order valence-corrected chi connectivity index (χ4v) is 1.83. The highest BCUT2D eigenvalue weighted by Gasteiger charge is 2.18. The van der Waals surface area contributed by atoms with Crippen molar-refractivity contribution >= 4 is 5.91 Å². The number of benzene rings is 1. The van der Waals surface area contributed by atoms with Crippen LogP contribution in [0.4, 0.5) is 0 Å². The van der Waals surface area contributed by atoms with Crippen LogP contribution in [0.25, 0.3) is 5.69 Å². The van der Waals surface area contributed by atoms with Crippen LogP contribution in [0.3, 0.4) is 0 Å². The lowest BCUT2D eigenvalue weighted by atomic mass is 10.1. The van der Waals surface area contributed by atoms with E-state index in [0.717, 1.165) is 11.3 Å². The van der Waals surface area contributed by atoms with E-state index in [-0.39, 0.29) is 23.9 Å². The zero-order valence-electron chi connectivity index (χ0n) is 11.8. The molecule has 1 amide bonds. The van der Waals surface area contributed by atoms with E-state index in [1.807, 2.05) is 39.0 Å². The highest BCUT2D eigenvalue weighted by molar-refractivity contribution is 5.93. The van der Waals surface area contributed by atoms with E-state index in [1.54, 1.807) is 0 Å². The van der Waals surface area contributed by atoms with Gasteiger partial charge in [0.25, 0.3) is 5.91 Å². The summed E-state index contributed by atoms with van der Waals surface area (Å²) in [6.45, 7) is 6.02. The molecule has 0 saturated heterocycles. The molecule has 0 unspecified atom stereocenters. The maximum absolute atomic E-state index is 11.9. The Morgan fingerprint density at radius 2 is 2.05 bits per heavy atom. The molecule has 106 valence electrons. The SMILES string of the molecule is CCNC(=O)c1nn(-c2ccc(C)c(C)c2)nc1CO. The van der Waals surface area contributed by atoms with Crippen LogP contribution >= 0.6 is 0 Å². The van der Waals surface area contributed by atoms with Gasteiger partial charge in [-0.15, -0.1) is 10.2 Å². The Morgan fingerprint density at radius 3 is 2.65 bits per heavy atom. The lowest BCUT2D eigenvalue weighted by molar-refractivity contribution is 0.0947. The molecule has 0 fully saturated rings. The van der Waals surface area contributed by atoms with Crippen LogP contribution in [-0.4, -0.2) is 32.6 Å². The number of carbonyl (C=O) groups is 1. The van der Waals surface area contributed by atoms with Crippen LogP contribution in [0, 0.1) is 13.8 Å². The summed E-state index contributed by atoms with van der Waals surface area (Å²) in [5.41, 5.74) is 3.48. The second-order valence-electron chi connectivity index (χ2n) is 4.57. The van der Waals surface area contributed by atoms with Crippen molar-refractivity contribution in [1.82, 2.24) is 20.3 Å². The Kier molecular flexibility index (Phi) is 4.14. The molecule has 2 N–H and O–H groups in total. The lowest BCUT2D eigenvalue weighted by Crippen LogP contribution is -2.24. The number of nitrogens with zero attached hydrogens (tertiary/aromatic N) is 3. The summed E-state index contributed by atoms with van der Waals surface area (Å²) in [5, 5.41) is 20.3. The summed E-state index contributed by atoms with van der Waals surface area (Å²) in [5.74, 6) is -0.327. The molecule has 6 heteroatoms. The van der Waals surface area contributed by atoms with Crippen LogP contribution in [-0.2, 0) is 6.61 Å². The predicted octanol–water partition coefficient (Wildman–Crippen LogP) is 1.13. The third-order valence-electron chi connectivity index (χ3n) is 3.11. The first-order valence-electron chi connectivity index (χ1n) is 6.49. The van der Waals surface area contributed by atoms with Crippen LogP contribution < -0.4 is 5.32 Å². The molecular formula is C14H18N4O2. The van der Waals surface area contributed by atoms with Crippen LogP contribution in [0.1, 0.15) is 34.2 Å². The molecular weight excluding hydrogens is 256 g/mol. The number of hydrogen-bond acceptors (Lipinski definition) is 4. The summed E-state index contributed by atoms with van der Waals surface area (Å²) >= 11 is 0. The molecule has 1 aromatic carbocycles. The Morgan fingerprint density at radius 1 is 1.30 bits per heavy atom. The van der Waals surface area contributed by atoms with E-state index in [9.17, 15) is 9.90 Å². The van der Waals surface area contributed by atoms with Gasteiger partial charge >= 0.3 is 0 Å². The van der Waals surface area contributed by atoms with Crippen molar-refractivity contribution < 1.29 is 9.90 Å². The Labute approximate surface area is 117 Å². The molecule has 1 aromatic heterocycles. The van der Waals surface area contributed by atoms with Gasteiger partial charge in [0.15, 0.2) is 5.69 Å². The molecule has 6 nitrogen and oxygen atoms in total. The molecule has 0 spiro atoms. The zero-order chi connectivity index (χ0) is 14.7. The number of nitrogens with one attached hydrogen (secondary N) is 1. The maximum atomic E-state index is 11.9. The molecule has 0 aliphatic heterocycles. The first-order valence-corrected chi connectivity index (χ1v) is 6.49. The molecule has 20 heavy (non-hydrogen) atoms.